The van der Waals surface area contributed by atoms with Crippen LogP contribution in [0.15, 0.2) is 24.3 Å². The number of carbonyl (C=O) groups is 4. The number of esters is 2. The Morgan fingerprint density at radius 2 is 1.92 bits per heavy atom. The van der Waals surface area contributed by atoms with Gasteiger partial charge in [0.05, 0.1) is 17.4 Å². The van der Waals surface area contributed by atoms with Crippen LogP contribution in [0.25, 0.3) is 0 Å². The summed E-state index contributed by atoms with van der Waals surface area (Å²) in [5, 5.41) is 0. The average molecular weight is 360 g/mol. The molecule has 0 aliphatic carbocycles. The third-order valence-corrected chi connectivity index (χ3v) is 4.56. The van der Waals surface area contributed by atoms with Crippen molar-refractivity contribution in [1.29, 1.82) is 0 Å². The summed E-state index contributed by atoms with van der Waals surface area (Å²) in [7, 11) is 1.46. The van der Waals surface area contributed by atoms with Crippen LogP contribution < -0.4 is 4.90 Å². The summed E-state index contributed by atoms with van der Waals surface area (Å²) < 4.78 is 10.1. The monoisotopic (exact) mass is 360 g/mol. The first kappa shape index (κ1) is 17.9. The van der Waals surface area contributed by atoms with Crippen LogP contribution in [0.3, 0.4) is 0 Å². The molecule has 2 aliphatic heterocycles. The van der Waals surface area contributed by atoms with Gasteiger partial charge in [0, 0.05) is 19.9 Å². The van der Waals surface area contributed by atoms with Gasteiger partial charge in [-0.15, -0.1) is 0 Å². The third kappa shape index (κ3) is 2.61. The van der Waals surface area contributed by atoms with Crippen molar-refractivity contribution >= 4 is 29.4 Å². The molecule has 2 heterocycles. The minimum atomic E-state index is -1.58. The Hall–Kier alpha value is -2.90. The molecular weight excluding hydrogens is 340 g/mol. The van der Waals surface area contributed by atoms with E-state index in [1.54, 1.807) is 38.1 Å². The van der Waals surface area contributed by atoms with Gasteiger partial charge in [0.2, 0.25) is 11.6 Å². The fourth-order valence-corrected chi connectivity index (χ4v) is 3.43. The molecule has 0 N–H and O–H groups in total. The van der Waals surface area contributed by atoms with Crippen molar-refractivity contribution in [2.75, 3.05) is 18.6 Å². The summed E-state index contributed by atoms with van der Waals surface area (Å²) in [5.74, 6) is -2.17. The van der Waals surface area contributed by atoms with Crippen molar-refractivity contribution in [2.24, 2.45) is 0 Å². The number of benzene rings is 1. The van der Waals surface area contributed by atoms with Crippen LogP contribution in [0.1, 0.15) is 37.0 Å². The lowest BCUT2D eigenvalue weighted by Gasteiger charge is -2.46. The van der Waals surface area contributed by atoms with E-state index in [0.29, 0.717) is 11.3 Å². The molecule has 26 heavy (non-hydrogen) atoms. The van der Waals surface area contributed by atoms with Crippen molar-refractivity contribution in [3.63, 3.8) is 0 Å². The topological polar surface area (TPSA) is 93.2 Å². The Balaban J connectivity index is 1.94. The quantitative estimate of drug-likeness (QED) is 0.746. The molecule has 0 bridgehead atoms. The van der Waals surface area contributed by atoms with Gasteiger partial charge >= 0.3 is 11.9 Å². The highest BCUT2D eigenvalue weighted by Gasteiger charge is 2.60. The molecule has 1 saturated heterocycles. The molecule has 1 atom stereocenters. The first-order valence-electron chi connectivity index (χ1n) is 8.36. The lowest BCUT2D eigenvalue weighted by atomic mass is 9.97. The lowest BCUT2D eigenvalue weighted by Crippen LogP contribution is -2.67. The second-order valence-electron chi connectivity index (χ2n) is 6.54. The average Bonchev–Trinajstić information content (AvgIpc) is 2.96. The standard InChI is InChI=1S/C18H20N2O6/c1-11(2)26-15(22)10-25-17(24)18-9-8-14(21)20(18)13-7-5-4-6-12(13)16(23)19(18)3/h4-7,11H,8-10H2,1-3H3. The number of likely N-dealkylation sites (N-methyl/N-ethyl adjacent to an activating group) is 1. The highest BCUT2D eigenvalue weighted by molar-refractivity contribution is 6.15. The van der Waals surface area contributed by atoms with Gasteiger partial charge in [0.25, 0.3) is 5.91 Å². The van der Waals surface area contributed by atoms with Crippen LogP contribution >= 0.6 is 0 Å². The molecular formula is C18H20N2O6. The summed E-state index contributed by atoms with van der Waals surface area (Å²) in [6, 6.07) is 6.62. The Kier molecular flexibility index (Phi) is 4.43. The van der Waals surface area contributed by atoms with Gasteiger partial charge in [-0.2, -0.15) is 0 Å². The smallest absolute Gasteiger partial charge is 0.354 e. The number of ether oxygens (including phenoxy) is 2. The first-order valence-corrected chi connectivity index (χ1v) is 8.36. The lowest BCUT2D eigenvalue weighted by molar-refractivity contribution is -0.167. The Morgan fingerprint density at radius 3 is 2.62 bits per heavy atom. The normalized spacial score (nSPS) is 21.5. The first-order chi connectivity index (χ1) is 12.3. The molecule has 1 fully saturated rings. The molecule has 2 amide bonds. The maximum absolute atomic E-state index is 12.9. The van der Waals surface area contributed by atoms with Gasteiger partial charge in [-0.25, -0.2) is 9.59 Å². The second kappa shape index (κ2) is 6.44. The van der Waals surface area contributed by atoms with Gasteiger partial charge in [-0.3, -0.25) is 14.5 Å². The summed E-state index contributed by atoms with van der Waals surface area (Å²) in [5.41, 5.74) is -0.867. The molecule has 0 aromatic heterocycles. The number of nitrogens with zero attached hydrogens (tertiary/aromatic N) is 2. The highest BCUT2D eigenvalue weighted by atomic mass is 16.6. The summed E-state index contributed by atoms with van der Waals surface area (Å²) >= 11 is 0. The molecule has 0 saturated carbocycles. The number of carbonyl (C=O) groups excluding carboxylic acids is 4. The minimum absolute atomic E-state index is 0.0947. The van der Waals surface area contributed by atoms with E-state index < -0.39 is 24.2 Å². The SMILES string of the molecule is CC(C)OC(=O)COC(=O)C12CCC(=O)N1c1ccccc1C(=O)N2C. The van der Waals surface area contributed by atoms with Crippen molar-refractivity contribution in [3.05, 3.63) is 29.8 Å². The van der Waals surface area contributed by atoms with Crippen molar-refractivity contribution in [1.82, 2.24) is 4.90 Å². The van der Waals surface area contributed by atoms with Crippen LogP contribution in [0.2, 0.25) is 0 Å². The maximum atomic E-state index is 12.9. The van der Waals surface area contributed by atoms with E-state index in [2.05, 4.69) is 0 Å². The Labute approximate surface area is 150 Å². The fraction of sp³-hybridized carbons (Fsp3) is 0.444. The molecule has 0 spiro atoms. The second-order valence-corrected chi connectivity index (χ2v) is 6.54. The minimum Gasteiger partial charge on any atom is -0.460 e. The predicted molar refractivity (Wildman–Crippen MR) is 90.2 cm³/mol. The number of anilines is 1. The van der Waals surface area contributed by atoms with E-state index in [9.17, 15) is 19.2 Å². The molecule has 8 heteroatoms. The summed E-state index contributed by atoms with van der Waals surface area (Å²) in [6.07, 6.45) is -0.146. The Morgan fingerprint density at radius 1 is 1.23 bits per heavy atom. The maximum Gasteiger partial charge on any atom is 0.354 e. The van der Waals surface area contributed by atoms with Crippen LogP contribution in [0.5, 0.6) is 0 Å². The number of para-hydroxylation sites is 1. The summed E-state index contributed by atoms with van der Waals surface area (Å²) in [6.45, 7) is 2.78. The van der Waals surface area contributed by atoms with Gasteiger partial charge in [0.1, 0.15) is 0 Å². The molecule has 1 aromatic rings. The molecule has 2 aliphatic rings. The van der Waals surface area contributed by atoms with E-state index in [1.165, 1.54) is 16.8 Å². The molecule has 138 valence electrons. The fourth-order valence-electron chi connectivity index (χ4n) is 3.43. The van der Waals surface area contributed by atoms with Gasteiger partial charge in [-0.1, -0.05) is 12.1 Å². The number of amides is 2. The predicted octanol–water partition coefficient (Wildman–Crippen LogP) is 1.09. The molecule has 8 nitrogen and oxygen atoms in total. The van der Waals surface area contributed by atoms with E-state index in [0.717, 1.165) is 0 Å². The zero-order valence-electron chi connectivity index (χ0n) is 14.9. The molecule has 1 unspecified atom stereocenters. The molecule has 1 aromatic carbocycles. The van der Waals surface area contributed by atoms with Crippen LogP contribution in [0, 0.1) is 0 Å². The van der Waals surface area contributed by atoms with Crippen molar-refractivity contribution in [3.8, 4) is 0 Å². The van der Waals surface area contributed by atoms with Crippen molar-refractivity contribution in [2.45, 2.75) is 38.5 Å². The van der Waals surface area contributed by atoms with E-state index in [1.807, 2.05) is 0 Å². The van der Waals surface area contributed by atoms with Gasteiger partial charge < -0.3 is 14.4 Å². The largest absolute Gasteiger partial charge is 0.460 e. The van der Waals surface area contributed by atoms with Gasteiger partial charge in [0.15, 0.2) is 6.61 Å². The van der Waals surface area contributed by atoms with Crippen LogP contribution in [-0.2, 0) is 23.9 Å². The van der Waals surface area contributed by atoms with E-state index in [-0.39, 0.29) is 30.8 Å². The van der Waals surface area contributed by atoms with Gasteiger partial charge in [-0.05, 0) is 26.0 Å². The van der Waals surface area contributed by atoms with E-state index >= 15 is 0 Å². The zero-order chi connectivity index (χ0) is 19.1. The zero-order valence-corrected chi connectivity index (χ0v) is 14.9. The molecule has 0 radical (unpaired) electrons. The number of hydrogen-bond acceptors (Lipinski definition) is 6. The number of hydrogen-bond donors (Lipinski definition) is 0. The summed E-state index contributed by atoms with van der Waals surface area (Å²) in [4.78, 5) is 52.3. The third-order valence-electron chi connectivity index (χ3n) is 4.56. The highest BCUT2D eigenvalue weighted by Crippen LogP contribution is 2.44. The number of rotatable bonds is 4. The molecule has 3 rings (SSSR count). The Bertz CT molecular complexity index is 790. The van der Waals surface area contributed by atoms with Crippen LogP contribution in [-0.4, -0.2) is 54.1 Å². The van der Waals surface area contributed by atoms with Crippen molar-refractivity contribution < 1.29 is 28.7 Å². The number of fused-ring (bicyclic) bond motifs is 3. The van der Waals surface area contributed by atoms with E-state index in [4.69, 9.17) is 9.47 Å². The van der Waals surface area contributed by atoms with Crippen LogP contribution in [0.4, 0.5) is 5.69 Å².